The number of aromatic nitrogens is 2. The maximum Gasteiger partial charge on any atom is 0.319 e. The van der Waals surface area contributed by atoms with Gasteiger partial charge in [0, 0.05) is 42.8 Å². The molecule has 1 fully saturated rings. The van der Waals surface area contributed by atoms with Crippen molar-refractivity contribution >= 4 is 23.3 Å². The molecule has 0 atom stereocenters. The maximum absolute atomic E-state index is 12.3. The van der Waals surface area contributed by atoms with Gasteiger partial charge in [0.25, 0.3) is 0 Å². The number of nitrogens with zero attached hydrogens (tertiary/aromatic N) is 2. The Bertz CT molecular complexity index is 996. The summed E-state index contributed by atoms with van der Waals surface area (Å²) in [6.07, 6.45) is 7.35. The summed E-state index contributed by atoms with van der Waals surface area (Å²) in [6.45, 7) is 1.15. The first-order valence-corrected chi connectivity index (χ1v) is 9.65. The first-order valence-electron chi connectivity index (χ1n) is 9.65. The lowest BCUT2D eigenvalue weighted by Crippen LogP contribution is -2.28. The van der Waals surface area contributed by atoms with Gasteiger partial charge < -0.3 is 20.5 Å². The largest absolute Gasteiger partial charge is 0.334 e. The first kappa shape index (κ1) is 18.7. The second-order valence-corrected chi connectivity index (χ2v) is 7.21. The Balaban J connectivity index is 1.29. The molecular formula is C22H23N5O2. The number of imidazole rings is 1. The van der Waals surface area contributed by atoms with Gasteiger partial charge in [-0.15, -0.1) is 0 Å². The lowest BCUT2D eigenvalue weighted by atomic mass is 10.1. The molecule has 3 aromatic rings. The molecule has 7 heteroatoms. The summed E-state index contributed by atoms with van der Waals surface area (Å²) in [5.41, 5.74) is 3.47. The van der Waals surface area contributed by atoms with Crippen molar-refractivity contribution in [1.82, 2.24) is 14.9 Å². The lowest BCUT2D eigenvalue weighted by Gasteiger charge is -2.11. The molecule has 2 aromatic carbocycles. The molecule has 0 unspecified atom stereocenters. The van der Waals surface area contributed by atoms with Crippen LogP contribution in [0.3, 0.4) is 0 Å². The highest BCUT2D eigenvalue weighted by Gasteiger charge is 2.29. The van der Waals surface area contributed by atoms with Gasteiger partial charge in [0.2, 0.25) is 5.91 Å². The van der Waals surface area contributed by atoms with E-state index < -0.39 is 0 Å². The number of anilines is 2. The Labute approximate surface area is 169 Å². The van der Waals surface area contributed by atoms with Crippen LogP contribution in [0.1, 0.15) is 24.0 Å². The van der Waals surface area contributed by atoms with Gasteiger partial charge in [0.05, 0.1) is 6.33 Å². The van der Waals surface area contributed by atoms with E-state index in [1.54, 1.807) is 30.7 Å². The van der Waals surface area contributed by atoms with E-state index in [9.17, 15) is 9.59 Å². The normalized spacial score (nSPS) is 13.0. The van der Waals surface area contributed by atoms with Gasteiger partial charge in [-0.3, -0.25) is 4.79 Å². The summed E-state index contributed by atoms with van der Waals surface area (Å²) in [6, 6.07) is 14.9. The number of carbonyl (C=O) groups excluding carboxylic acids is 2. The maximum atomic E-state index is 12.3. The molecule has 0 bridgehead atoms. The Morgan fingerprint density at radius 1 is 1.00 bits per heavy atom. The topological polar surface area (TPSA) is 88.1 Å². The summed E-state index contributed by atoms with van der Waals surface area (Å²) in [4.78, 5) is 28.2. The van der Waals surface area contributed by atoms with Gasteiger partial charge in [-0.05, 0) is 42.2 Å². The van der Waals surface area contributed by atoms with Crippen LogP contribution in [0.4, 0.5) is 16.2 Å². The summed E-state index contributed by atoms with van der Waals surface area (Å²) >= 11 is 0. The smallest absolute Gasteiger partial charge is 0.319 e. The van der Waals surface area contributed by atoms with Crippen LogP contribution in [-0.2, 0) is 17.9 Å². The van der Waals surface area contributed by atoms with Crippen molar-refractivity contribution in [2.24, 2.45) is 5.92 Å². The van der Waals surface area contributed by atoms with E-state index >= 15 is 0 Å². The molecule has 1 aromatic heterocycles. The highest BCUT2D eigenvalue weighted by atomic mass is 16.2. The van der Waals surface area contributed by atoms with Crippen LogP contribution in [0.25, 0.3) is 0 Å². The third kappa shape index (κ3) is 5.44. The molecule has 7 nitrogen and oxygen atoms in total. The van der Waals surface area contributed by atoms with E-state index in [1.807, 2.05) is 35.0 Å². The Morgan fingerprint density at radius 2 is 1.76 bits per heavy atom. The molecule has 1 heterocycles. The summed E-state index contributed by atoms with van der Waals surface area (Å²) in [7, 11) is 0. The van der Waals surface area contributed by atoms with Gasteiger partial charge in [-0.25, -0.2) is 9.78 Å². The number of amides is 3. The van der Waals surface area contributed by atoms with Crippen LogP contribution in [0.2, 0.25) is 0 Å². The van der Waals surface area contributed by atoms with Gasteiger partial charge in [0.15, 0.2) is 0 Å². The standard InChI is InChI=1S/C22H23N5O2/c28-21(18-7-8-18)25-19-5-2-6-20(12-19)26-22(29)24-13-16-3-1-4-17(11-16)14-27-10-9-23-15-27/h1-6,9-12,15,18H,7-8,13-14H2,(H,25,28)(H2,24,26,29). The van der Waals surface area contributed by atoms with Crippen LogP contribution in [0.5, 0.6) is 0 Å². The van der Waals surface area contributed by atoms with Crippen molar-refractivity contribution in [2.75, 3.05) is 10.6 Å². The van der Waals surface area contributed by atoms with Crippen LogP contribution in [-0.4, -0.2) is 21.5 Å². The van der Waals surface area contributed by atoms with Crippen LogP contribution >= 0.6 is 0 Å². The number of rotatable bonds is 7. The van der Waals surface area contributed by atoms with E-state index in [4.69, 9.17) is 0 Å². The second-order valence-electron chi connectivity index (χ2n) is 7.21. The molecule has 3 N–H and O–H groups in total. The van der Waals surface area contributed by atoms with Gasteiger partial charge in [0.1, 0.15) is 0 Å². The van der Waals surface area contributed by atoms with E-state index in [2.05, 4.69) is 27.0 Å². The summed E-state index contributed by atoms with van der Waals surface area (Å²) in [5.74, 6) is 0.182. The van der Waals surface area contributed by atoms with E-state index in [-0.39, 0.29) is 17.9 Å². The molecule has 0 aliphatic heterocycles. The average Bonchev–Trinajstić information content (AvgIpc) is 3.45. The molecule has 148 valence electrons. The number of hydrogen-bond acceptors (Lipinski definition) is 3. The molecular weight excluding hydrogens is 366 g/mol. The van der Waals surface area contributed by atoms with Crippen LogP contribution < -0.4 is 16.0 Å². The zero-order valence-electron chi connectivity index (χ0n) is 16.0. The number of nitrogens with one attached hydrogen (secondary N) is 3. The SMILES string of the molecule is O=C(NCc1cccc(Cn2ccnc2)c1)Nc1cccc(NC(=O)C2CC2)c1. The van der Waals surface area contributed by atoms with Crippen LogP contribution in [0, 0.1) is 5.92 Å². The third-order valence-electron chi connectivity index (χ3n) is 4.70. The van der Waals surface area contributed by atoms with Crippen molar-refractivity contribution in [1.29, 1.82) is 0 Å². The van der Waals surface area contributed by atoms with Crippen molar-refractivity contribution in [3.63, 3.8) is 0 Å². The zero-order valence-corrected chi connectivity index (χ0v) is 16.0. The summed E-state index contributed by atoms with van der Waals surface area (Å²) in [5, 5.41) is 8.56. The predicted molar refractivity (Wildman–Crippen MR) is 111 cm³/mol. The van der Waals surface area contributed by atoms with Crippen molar-refractivity contribution in [2.45, 2.75) is 25.9 Å². The van der Waals surface area contributed by atoms with Crippen molar-refractivity contribution in [3.8, 4) is 0 Å². The first-order chi connectivity index (χ1) is 14.2. The molecule has 29 heavy (non-hydrogen) atoms. The van der Waals surface area contributed by atoms with Crippen LogP contribution in [0.15, 0.2) is 67.3 Å². The van der Waals surface area contributed by atoms with E-state index in [1.165, 1.54) is 0 Å². The molecule has 1 saturated carbocycles. The van der Waals surface area contributed by atoms with Gasteiger partial charge in [-0.2, -0.15) is 0 Å². The van der Waals surface area contributed by atoms with Gasteiger partial charge >= 0.3 is 6.03 Å². The molecule has 4 rings (SSSR count). The molecule has 0 spiro atoms. The quantitative estimate of drug-likeness (QED) is 0.577. The van der Waals surface area contributed by atoms with Crippen molar-refractivity contribution < 1.29 is 9.59 Å². The predicted octanol–water partition coefficient (Wildman–Crippen LogP) is 3.60. The fourth-order valence-electron chi connectivity index (χ4n) is 3.05. The highest BCUT2D eigenvalue weighted by Crippen LogP contribution is 2.30. The number of benzene rings is 2. The minimum absolute atomic E-state index is 0.0437. The molecule has 1 aliphatic carbocycles. The van der Waals surface area contributed by atoms with E-state index in [0.29, 0.717) is 17.9 Å². The third-order valence-corrected chi connectivity index (χ3v) is 4.70. The minimum Gasteiger partial charge on any atom is -0.334 e. The van der Waals surface area contributed by atoms with Crippen molar-refractivity contribution in [3.05, 3.63) is 78.4 Å². The molecule has 0 saturated heterocycles. The van der Waals surface area contributed by atoms with Gasteiger partial charge in [-0.1, -0.05) is 30.3 Å². The Kier molecular flexibility index (Phi) is 5.56. The second kappa shape index (κ2) is 8.60. The number of hydrogen-bond donors (Lipinski definition) is 3. The lowest BCUT2D eigenvalue weighted by molar-refractivity contribution is -0.117. The Morgan fingerprint density at radius 3 is 2.52 bits per heavy atom. The monoisotopic (exact) mass is 389 g/mol. The minimum atomic E-state index is -0.296. The molecule has 0 radical (unpaired) electrons. The fourth-order valence-corrected chi connectivity index (χ4v) is 3.05. The molecule has 3 amide bonds. The molecule has 1 aliphatic rings. The summed E-state index contributed by atoms with van der Waals surface area (Å²) < 4.78 is 1.99. The Hall–Kier alpha value is -3.61. The zero-order chi connectivity index (χ0) is 20.1. The number of carbonyl (C=O) groups is 2. The fraction of sp³-hybridized carbons (Fsp3) is 0.227. The average molecular weight is 389 g/mol. The number of urea groups is 1. The van der Waals surface area contributed by atoms with E-state index in [0.717, 1.165) is 30.5 Å². The highest BCUT2D eigenvalue weighted by molar-refractivity contribution is 5.95.